The summed E-state index contributed by atoms with van der Waals surface area (Å²) in [6.45, 7) is 6.49. The third-order valence-corrected chi connectivity index (χ3v) is 5.02. The molecule has 1 aromatic heterocycles. The van der Waals surface area contributed by atoms with Gasteiger partial charge in [0.2, 0.25) is 0 Å². The lowest BCUT2D eigenvalue weighted by atomic mass is 9.93. The molecule has 1 aliphatic rings. The minimum Gasteiger partial charge on any atom is -0.387 e. The molecular formula is C19H26N4O2. The van der Waals surface area contributed by atoms with E-state index in [0.29, 0.717) is 6.54 Å². The molecule has 0 aliphatic carbocycles. The molecule has 0 radical (unpaired) electrons. The van der Waals surface area contributed by atoms with Crippen molar-refractivity contribution in [3.05, 3.63) is 52.3 Å². The predicted octanol–water partition coefficient (Wildman–Crippen LogP) is 2.04. The van der Waals surface area contributed by atoms with Crippen molar-refractivity contribution in [3.8, 4) is 0 Å². The lowest BCUT2D eigenvalue weighted by Gasteiger charge is -2.33. The van der Waals surface area contributed by atoms with Crippen LogP contribution in [0.25, 0.3) is 0 Å². The summed E-state index contributed by atoms with van der Waals surface area (Å²) in [6, 6.07) is 7.94. The summed E-state index contributed by atoms with van der Waals surface area (Å²) < 4.78 is 0. The molecule has 3 rings (SSSR count). The zero-order valence-corrected chi connectivity index (χ0v) is 14.8. The zero-order chi connectivity index (χ0) is 18.0. The summed E-state index contributed by atoms with van der Waals surface area (Å²) in [7, 11) is 0. The summed E-state index contributed by atoms with van der Waals surface area (Å²) in [4.78, 5) is 13.5. The van der Waals surface area contributed by atoms with Gasteiger partial charge in [0.15, 0.2) is 0 Å². The molecule has 2 heterocycles. The number of H-pyrrole nitrogens is 1. The molecule has 134 valence electrons. The number of likely N-dealkylation sites (tertiary alicyclic amines) is 1. The van der Waals surface area contributed by atoms with Crippen LogP contribution in [0.4, 0.5) is 0 Å². The fraction of sp³-hybridized carbons (Fsp3) is 0.474. The van der Waals surface area contributed by atoms with Crippen molar-refractivity contribution in [3.63, 3.8) is 0 Å². The van der Waals surface area contributed by atoms with E-state index in [1.54, 1.807) is 6.07 Å². The molecule has 1 aromatic carbocycles. The normalized spacial score (nSPS) is 19.7. The van der Waals surface area contributed by atoms with Gasteiger partial charge in [-0.25, -0.2) is 0 Å². The number of β-amino-alcohol motifs (C(OH)–C–C–N with tert-alkyl or cyclic N) is 1. The molecule has 2 aromatic rings. The number of primary amides is 1. The number of amides is 1. The van der Waals surface area contributed by atoms with E-state index in [1.165, 1.54) is 0 Å². The van der Waals surface area contributed by atoms with Crippen molar-refractivity contribution in [1.82, 2.24) is 15.1 Å². The number of carbonyl (C=O) groups excluding carboxylic acids is 1. The van der Waals surface area contributed by atoms with Crippen LogP contribution >= 0.6 is 0 Å². The van der Waals surface area contributed by atoms with Gasteiger partial charge in [0, 0.05) is 24.7 Å². The van der Waals surface area contributed by atoms with E-state index in [1.807, 2.05) is 13.8 Å². The molecule has 6 heteroatoms. The van der Waals surface area contributed by atoms with Crippen molar-refractivity contribution >= 4 is 5.91 Å². The van der Waals surface area contributed by atoms with E-state index in [4.69, 9.17) is 5.73 Å². The van der Waals surface area contributed by atoms with Gasteiger partial charge in [-0.1, -0.05) is 23.8 Å². The van der Waals surface area contributed by atoms with E-state index in [0.717, 1.165) is 48.3 Å². The molecule has 4 N–H and O–H groups in total. The molecule has 1 saturated heterocycles. The standard InChI is InChI=1S/C19H26N4O2/c1-12-5-6-13(2)15(8-12)18(24)11-23-7-3-4-14(10-23)16-9-17(19(20)25)22-21-16/h5-6,8-9,14,18,24H,3-4,7,10-11H2,1-2H3,(H2,20,25)(H,21,22)/t14-,18+/m0/s1. The number of hydrogen-bond acceptors (Lipinski definition) is 4. The Bertz CT molecular complexity index is 756. The number of aromatic amines is 1. The smallest absolute Gasteiger partial charge is 0.269 e. The SMILES string of the molecule is Cc1ccc(C)c([C@H](O)CN2CCC[C@H](c3cc(C(N)=O)n[nH]3)C2)c1. The number of benzene rings is 1. The number of nitrogens with zero attached hydrogens (tertiary/aromatic N) is 2. The summed E-state index contributed by atoms with van der Waals surface area (Å²) in [5, 5.41) is 17.6. The summed E-state index contributed by atoms with van der Waals surface area (Å²) in [5.74, 6) is -0.235. The number of piperidine rings is 1. The maximum Gasteiger partial charge on any atom is 0.269 e. The molecule has 0 bridgehead atoms. The summed E-state index contributed by atoms with van der Waals surface area (Å²) >= 11 is 0. The fourth-order valence-corrected chi connectivity index (χ4v) is 3.61. The Labute approximate surface area is 148 Å². The van der Waals surface area contributed by atoms with Crippen LogP contribution in [0.5, 0.6) is 0 Å². The number of hydrogen-bond donors (Lipinski definition) is 3. The Morgan fingerprint density at radius 3 is 2.96 bits per heavy atom. The van der Waals surface area contributed by atoms with Crippen LogP contribution in [0.15, 0.2) is 24.3 Å². The lowest BCUT2D eigenvalue weighted by Crippen LogP contribution is -2.37. The highest BCUT2D eigenvalue weighted by Crippen LogP contribution is 2.28. The van der Waals surface area contributed by atoms with Crippen molar-refractivity contribution in [2.24, 2.45) is 5.73 Å². The number of rotatable bonds is 5. The second-order valence-electron chi connectivity index (χ2n) is 7.05. The maximum absolute atomic E-state index is 11.2. The molecule has 1 fully saturated rings. The maximum atomic E-state index is 11.2. The Hall–Kier alpha value is -2.18. The van der Waals surface area contributed by atoms with E-state index in [-0.39, 0.29) is 11.6 Å². The largest absolute Gasteiger partial charge is 0.387 e. The fourth-order valence-electron chi connectivity index (χ4n) is 3.61. The number of nitrogens with one attached hydrogen (secondary N) is 1. The van der Waals surface area contributed by atoms with Crippen LogP contribution in [-0.2, 0) is 0 Å². The molecule has 6 nitrogen and oxygen atoms in total. The van der Waals surface area contributed by atoms with Crippen molar-refractivity contribution in [2.75, 3.05) is 19.6 Å². The van der Waals surface area contributed by atoms with Crippen LogP contribution < -0.4 is 5.73 Å². The van der Waals surface area contributed by atoms with Gasteiger partial charge in [-0.3, -0.25) is 14.8 Å². The van der Waals surface area contributed by atoms with Gasteiger partial charge in [-0.2, -0.15) is 5.10 Å². The van der Waals surface area contributed by atoms with Crippen molar-refractivity contribution < 1.29 is 9.90 Å². The number of aryl methyl sites for hydroxylation is 2. The average molecular weight is 342 g/mol. The Kier molecular flexibility index (Phi) is 5.20. The molecular weight excluding hydrogens is 316 g/mol. The zero-order valence-electron chi connectivity index (χ0n) is 14.8. The third kappa shape index (κ3) is 4.08. The number of aromatic nitrogens is 2. The van der Waals surface area contributed by atoms with E-state index < -0.39 is 12.0 Å². The minimum absolute atomic E-state index is 0.278. The average Bonchev–Trinajstić information content (AvgIpc) is 3.07. The van der Waals surface area contributed by atoms with Gasteiger partial charge < -0.3 is 10.8 Å². The number of nitrogens with two attached hydrogens (primary N) is 1. The Morgan fingerprint density at radius 1 is 1.44 bits per heavy atom. The number of aliphatic hydroxyl groups excluding tert-OH is 1. The first-order chi connectivity index (χ1) is 11.9. The molecule has 2 atom stereocenters. The molecule has 0 unspecified atom stereocenters. The molecule has 0 saturated carbocycles. The van der Waals surface area contributed by atoms with Crippen molar-refractivity contribution in [2.45, 2.75) is 38.7 Å². The van der Waals surface area contributed by atoms with Gasteiger partial charge in [-0.15, -0.1) is 0 Å². The second-order valence-corrected chi connectivity index (χ2v) is 7.05. The second kappa shape index (κ2) is 7.37. The number of carbonyl (C=O) groups is 1. The van der Waals surface area contributed by atoms with E-state index >= 15 is 0 Å². The Morgan fingerprint density at radius 2 is 2.24 bits per heavy atom. The first kappa shape index (κ1) is 17.6. The minimum atomic E-state index is -0.513. The van der Waals surface area contributed by atoms with E-state index in [9.17, 15) is 9.90 Å². The van der Waals surface area contributed by atoms with E-state index in [2.05, 4.69) is 33.3 Å². The lowest BCUT2D eigenvalue weighted by molar-refractivity contribution is 0.0946. The quantitative estimate of drug-likeness (QED) is 0.775. The molecule has 1 aliphatic heterocycles. The van der Waals surface area contributed by atoms with Crippen LogP contribution in [0.2, 0.25) is 0 Å². The Balaban J connectivity index is 1.66. The van der Waals surface area contributed by atoms with Crippen molar-refractivity contribution in [1.29, 1.82) is 0 Å². The summed E-state index contributed by atoms with van der Waals surface area (Å²) in [5.41, 5.74) is 9.78. The van der Waals surface area contributed by atoms with Crippen LogP contribution in [0.3, 0.4) is 0 Å². The third-order valence-electron chi connectivity index (χ3n) is 5.02. The first-order valence-electron chi connectivity index (χ1n) is 8.76. The molecule has 0 spiro atoms. The van der Waals surface area contributed by atoms with Gasteiger partial charge in [0.25, 0.3) is 5.91 Å². The number of aliphatic hydroxyl groups is 1. The predicted molar refractivity (Wildman–Crippen MR) is 96.4 cm³/mol. The van der Waals surface area contributed by atoms with Gasteiger partial charge >= 0.3 is 0 Å². The van der Waals surface area contributed by atoms with Crippen LogP contribution in [-0.4, -0.2) is 45.7 Å². The highest BCUT2D eigenvalue weighted by Gasteiger charge is 2.25. The first-order valence-corrected chi connectivity index (χ1v) is 8.76. The summed E-state index contributed by atoms with van der Waals surface area (Å²) in [6.07, 6.45) is 1.59. The highest BCUT2D eigenvalue weighted by atomic mass is 16.3. The topological polar surface area (TPSA) is 95.2 Å². The molecule has 1 amide bonds. The molecule has 25 heavy (non-hydrogen) atoms. The van der Waals surface area contributed by atoms with Crippen LogP contribution in [0.1, 0.15) is 57.7 Å². The van der Waals surface area contributed by atoms with Crippen LogP contribution in [0, 0.1) is 13.8 Å². The highest BCUT2D eigenvalue weighted by molar-refractivity contribution is 5.90. The van der Waals surface area contributed by atoms with Gasteiger partial charge in [0.05, 0.1) is 6.10 Å². The van der Waals surface area contributed by atoms with Gasteiger partial charge in [-0.05, 0) is 50.4 Å². The van der Waals surface area contributed by atoms with Gasteiger partial charge in [0.1, 0.15) is 5.69 Å². The monoisotopic (exact) mass is 342 g/mol.